The molecule has 0 bridgehead atoms. The van der Waals surface area contributed by atoms with Crippen molar-refractivity contribution in [1.29, 1.82) is 0 Å². The molecule has 0 amide bonds. The summed E-state index contributed by atoms with van der Waals surface area (Å²) in [5, 5.41) is 0. The number of benzene rings is 2. The second-order valence-electron chi connectivity index (χ2n) is 4.37. The zero-order chi connectivity index (χ0) is 13.6. The van der Waals surface area contributed by atoms with Crippen LogP contribution in [0.1, 0.15) is 5.56 Å². The van der Waals surface area contributed by atoms with E-state index in [4.69, 9.17) is 5.73 Å². The molecular formula is C14H11BrFN3. The molecule has 19 heavy (non-hydrogen) atoms. The average molecular weight is 320 g/mol. The Bertz CT molecular complexity index is 780. The summed E-state index contributed by atoms with van der Waals surface area (Å²) in [5.41, 5.74) is 9.24. The summed E-state index contributed by atoms with van der Waals surface area (Å²) in [4.78, 5) is 4.30. The topological polar surface area (TPSA) is 43.8 Å². The molecule has 0 aliphatic heterocycles. The summed E-state index contributed by atoms with van der Waals surface area (Å²) in [6.07, 6.45) is 0. The molecule has 0 aliphatic rings. The summed E-state index contributed by atoms with van der Waals surface area (Å²) >= 11 is 3.43. The van der Waals surface area contributed by atoms with Gasteiger partial charge in [-0.25, -0.2) is 9.37 Å². The summed E-state index contributed by atoms with van der Waals surface area (Å²) in [5.74, 6) is 0.0543. The van der Waals surface area contributed by atoms with E-state index >= 15 is 0 Å². The van der Waals surface area contributed by atoms with Crippen LogP contribution in [0.15, 0.2) is 40.9 Å². The van der Waals surface area contributed by atoms with Gasteiger partial charge in [0.25, 0.3) is 0 Å². The zero-order valence-corrected chi connectivity index (χ0v) is 11.8. The zero-order valence-electron chi connectivity index (χ0n) is 10.2. The highest BCUT2D eigenvalue weighted by Crippen LogP contribution is 2.27. The standard InChI is InChI=1S/C14H11BrFN3/c1-8-2-4-10(16)7-12(8)19-13-6-9(15)3-5-11(13)18-14(19)17/h2-7H,1H3,(H2,17,18). The smallest absolute Gasteiger partial charge is 0.205 e. The first-order chi connectivity index (χ1) is 9.06. The lowest BCUT2D eigenvalue weighted by Crippen LogP contribution is -2.03. The number of imidazole rings is 1. The van der Waals surface area contributed by atoms with Crippen molar-refractivity contribution in [3.63, 3.8) is 0 Å². The molecule has 0 saturated carbocycles. The number of nitrogen functional groups attached to an aromatic ring is 1. The molecule has 0 fully saturated rings. The normalized spacial score (nSPS) is 11.1. The fraction of sp³-hybridized carbons (Fsp3) is 0.0714. The number of nitrogens with two attached hydrogens (primary N) is 1. The van der Waals surface area contributed by atoms with E-state index in [2.05, 4.69) is 20.9 Å². The number of hydrogen-bond acceptors (Lipinski definition) is 2. The van der Waals surface area contributed by atoms with Crippen LogP contribution in [0.25, 0.3) is 16.7 Å². The largest absolute Gasteiger partial charge is 0.369 e. The lowest BCUT2D eigenvalue weighted by atomic mass is 10.2. The monoisotopic (exact) mass is 319 g/mol. The molecule has 3 nitrogen and oxygen atoms in total. The Labute approximate surface area is 118 Å². The third-order valence-corrected chi connectivity index (χ3v) is 3.55. The van der Waals surface area contributed by atoms with Crippen molar-refractivity contribution in [3.8, 4) is 5.69 Å². The summed E-state index contributed by atoms with van der Waals surface area (Å²) < 4.78 is 16.2. The Kier molecular flexibility index (Phi) is 2.78. The van der Waals surface area contributed by atoms with Crippen LogP contribution in [-0.4, -0.2) is 9.55 Å². The summed E-state index contributed by atoms with van der Waals surface area (Å²) in [7, 11) is 0. The van der Waals surface area contributed by atoms with Gasteiger partial charge in [0.15, 0.2) is 0 Å². The van der Waals surface area contributed by atoms with Gasteiger partial charge in [0.05, 0.1) is 16.7 Å². The predicted molar refractivity (Wildman–Crippen MR) is 77.9 cm³/mol. The van der Waals surface area contributed by atoms with E-state index in [-0.39, 0.29) is 5.82 Å². The Hall–Kier alpha value is -1.88. The number of rotatable bonds is 1. The molecule has 3 aromatic rings. The fourth-order valence-electron chi connectivity index (χ4n) is 2.14. The van der Waals surface area contributed by atoms with Crippen LogP contribution in [0.2, 0.25) is 0 Å². The van der Waals surface area contributed by atoms with Gasteiger partial charge in [-0.2, -0.15) is 0 Å². The molecule has 0 saturated heterocycles. The quantitative estimate of drug-likeness (QED) is 0.741. The highest BCUT2D eigenvalue weighted by Gasteiger charge is 2.12. The Morgan fingerprint density at radius 3 is 2.79 bits per heavy atom. The fourth-order valence-corrected chi connectivity index (χ4v) is 2.49. The van der Waals surface area contributed by atoms with Gasteiger partial charge in [-0.05, 0) is 42.8 Å². The molecular weight excluding hydrogens is 309 g/mol. The van der Waals surface area contributed by atoms with Crippen LogP contribution < -0.4 is 5.73 Å². The maximum Gasteiger partial charge on any atom is 0.205 e. The van der Waals surface area contributed by atoms with Crippen LogP contribution in [0.5, 0.6) is 0 Å². The molecule has 3 rings (SSSR count). The Morgan fingerprint density at radius 2 is 2.00 bits per heavy atom. The minimum absolute atomic E-state index is 0.295. The molecule has 0 radical (unpaired) electrons. The van der Waals surface area contributed by atoms with E-state index in [1.54, 1.807) is 10.6 Å². The first kappa shape index (κ1) is 12.2. The van der Waals surface area contributed by atoms with Crippen molar-refractivity contribution in [1.82, 2.24) is 9.55 Å². The van der Waals surface area contributed by atoms with Crippen molar-refractivity contribution < 1.29 is 4.39 Å². The van der Waals surface area contributed by atoms with E-state index in [0.717, 1.165) is 21.1 Å². The number of aryl methyl sites for hydroxylation is 1. The van der Waals surface area contributed by atoms with Crippen LogP contribution in [0.4, 0.5) is 10.3 Å². The predicted octanol–water partition coefficient (Wildman–Crippen LogP) is 3.82. The molecule has 0 unspecified atom stereocenters. The third-order valence-electron chi connectivity index (χ3n) is 3.05. The van der Waals surface area contributed by atoms with Crippen molar-refractivity contribution in [2.45, 2.75) is 6.92 Å². The maximum absolute atomic E-state index is 13.5. The van der Waals surface area contributed by atoms with E-state index in [9.17, 15) is 4.39 Å². The molecule has 2 aromatic carbocycles. The minimum Gasteiger partial charge on any atom is -0.369 e. The SMILES string of the molecule is Cc1ccc(F)cc1-n1c(N)nc2ccc(Br)cc21. The van der Waals surface area contributed by atoms with E-state index in [1.807, 2.05) is 25.1 Å². The minimum atomic E-state index is -0.295. The van der Waals surface area contributed by atoms with Crippen LogP contribution in [-0.2, 0) is 0 Å². The highest BCUT2D eigenvalue weighted by atomic mass is 79.9. The van der Waals surface area contributed by atoms with Gasteiger partial charge in [0.2, 0.25) is 5.95 Å². The molecule has 1 heterocycles. The van der Waals surface area contributed by atoms with Crippen molar-refractivity contribution in [3.05, 3.63) is 52.3 Å². The van der Waals surface area contributed by atoms with Gasteiger partial charge >= 0.3 is 0 Å². The Morgan fingerprint density at radius 1 is 1.21 bits per heavy atom. The van der Waals surface area contributed by atoms with Crippen molar-refractivity contribution >= 4 is 32.9 Å². The summed E-state index contributed by atoms with van der Waals surface area (Å²) in [6, 6.07) is 10.3. The van der Waals surface area contributed by atoms with Crippen molar-refractivity contribution in [2.75, 3.05) is 5.73 Å². The lowest BCUT2D eigenvalue weighted by molar-refractivity contribution is 0.626. The second-order valence-corrected chi connectivity index (χ2v) is 5.28. The average Bonchev–Trinajstić information content (AvgIpc) is 2.68. The van der Waals surface area contributed by atoms with E-state index in [0.29, 0.717) is 11.6 Å². The molecule has 2 N–H and O–H groups in total. The van der Waals surface area contributed by atoms with Crippen LogP contribution >= 0.6 is 15.9 Å². The van der Waals surface area contributed by atoms with Gasteiger partial charge in [0.1, 0.15) is 5.82 Å². The third kappa shape index (κ3) is 2.00. The Balaban J connectivity index is 2.38. The van der Waals surface area contributed by atoms with Gasteiger partial charge in [0, 0.05) is 4.47 Å². The van der Waals surface area contributed by atoms with Crippen molar-refractivity contribution in [2.24, 2.45) is 0 Å². The van der Waals surface area contributed by atoms with Gasteiger partial charge in [-0.15, -0.1) is 0 Å². The number of anilines is 1. The van der Waals surface area contributed by atoms with Gasteiger partial charge in [-0.1, -0.05) is 22.0 Å². The van der Waals surface area contributed by atoms with Gasteiger partial charge in [-0.3, -0.25) is 4.57 Å². The maximum atomic E-state index is 13.5. The lowest BCUT2D eigenvalue weighted by Gasteiger charge is -2.10. The first-order valence-corrected chi connectivity index (χ1v) is 6.55. The molecule has 5 heteroatoms. The number of halogens is 2. The number of nitrogens with zero attached hydrogens (tertiary/aromatic N) is 2. The highest BCUT2D eigenvalue weighted by molar-refractivity contribution is 9.10. The number of aromatic nitrogens is 2. The first-order valence-electron chi connectivity index (χ1n) is 5.76. The molecule has 96 valence electrons. The van der Waals surface area contributed by atoms with Crippen LogP contribution in [0.3, 0.4) is 0 Å². The molecule has 0 atom stereocenters. The molecule has 1 aromatic heterocycles. The van der Waals surface area contributed by atoms with E-state index < -0.39 is 0 Å². The van der Waals surface area contributed by atoms with Gasteiger partial charge < -0.3 is 5.73 Å². The molecule has 0 spiro atoms. The van der Waals surface area contributed by atoms with E-state index in [1.165, 1.54) is 12.1 Å². The molecule has 0 aliphatic carbocycles. The summed E-state index contributed by atoms with van der Waals surface area (Å²) in [6.45, 7) is 1.91. The second kappa shape index (κ2) is 4.35. The number of fused-ring (bicyclic) bond motifs is 1. The van der Waals surface area contributed by atoms with Crippen LogP contribution in [0, 0.1) is 12.7 Å². The number of hydrogen-bond donors (Lipinski definition) is 1.